The Hall–Kier alpha value is -1.76. The molecule has 1 aromatic carbocycles. The highest BCUT2D eigenvalue weighted by Gasteiger charge is 2.29. The molecule has 20 heavy (non-hydrogen) atoms. The monoisotopic (exact) mass is 285 g/mol. The molecule has 0 spiro atoms. The van der Waals surface area contributed by atoms with E-state index in [4.69, 9.17) is 0 Å². The molecule has 5 nitrogen and oxygen atoms in total. The summed E-state index contributed by atoms with van der Waals surface area (Å²) in [5, 5.41) is 13.8. The van der Waals surface area contributed by atoms with Crippen LogP contribution in [0.2, 0.25) is 0 Å². The number of anilines is 1. The van der Waals surface area contributed by atoms with Gasteiger partial charge in [0.25, 0.3) is 5.69 Å². The molecule has 0 aromatic heterocycles. The molecule has 1 fully saturated rings. The molecule has 0 bridgehead atoms. The molecule has 1 N–H and O–H groups in total. The summed E-state index contributed by atoms with van der Waals surface area (Å²) in [6.07, 6.45) is 0.727. The second kappa shape index (κ2) is 5.70. The zero-order valence-electron chi connectivity index (χ0n) is 11.4. The highest BCUT2D eigenvalue weighted by Crippen LogP contribution is 2.31. The Kier molecular flexibility index (Phi) is 4.17. The van der Waals surface area contributed by atoms with Gasteiger partial charge in [-0.2, -0.15) is 0 Å². The Bertz CT molecular complexity index is 525. The molecule has 7 heteroatoms. The van der Waals surface area contributed by atoms with Gasteiger partial charge in [-0.1, -0.05) is 6.92 Å². The van der Waals surface area contributed by atoms with Gasteiger partial charge in [-0.15, -0.1) is 0 Å². The first-order valence-electron chi connectivity index (χ1n) is 6.47. The van der Waals surface area contributed by atoms with Crippen molar-refractivity contribution in [2.24, 2.45) is 5.92 Å². The molecule has 1 heterocycles. The van der Waals surface area contributed by atoms with E-state index in [-0.39, 0.29) is 17.6 Å². The van der Waals surface area contributed by atoms with Crippen molar-refractivity contribution in [1.29, 1.82) is 0 Å². The smallest absolute Gasteiger partial charge is 0.295 e. The highest BCUT2D eigenvalue weighted by molar-refractivity contribution is 5.63. The van der Waals surface area contributed by atoms with E-state index >= 15 is 0 Å². The number of hydrogen-bond donors (Lipinski definition) is 1. The lowest BCUT2D eigenvalue weighted by atomic mass is 9.94. The van der Waals surface area contributed by atoms with Crippen molar-refractivity contribution < 1.29 is 13.7 Å². The molecule has 2 atom stereocenters. The lowest BCUT2D eigenvalue weighted by Gasteiger charge is -2.35. The average Bonchev–Trinajstić information content (AvgIpc) is 2.37. The topological polar surface area (TPSA) is 58.4 Å². The number of halogens is 2. The van der Waals surface area contributed by atoms with E-state index in [0.717, 1.165) is 31.6 Å². The summed E-state index contributed by atoms with van der Waals surface area (Å²) >= 11 is 0. The minimum absolute atomic E-state index is 0.110. The van der Waals surface area contributed by atoms with Crippen molar-refractivity contribution in [3.05, 3.63) is 33.9 Å². The van der Waals surface area contributed by atoms with Gasteiger partial charge >= 0.3 is 0 Å². The summed E-state index contributed by atoms with van der Waals surface area (Å²) in [4.78, 5) is 12.4. The van der Waals surface area contributed by atoms with Crippen molar-refractivity contribution in [2.45, 2.75) is 19.4 Å². The van der Waals surface area contributed by atoms with Gasteiger partial charge in [-0.25, -0.2) is 8.78 Å². The van der Waals surface area contributed by atoms with E-state index < -0.39 is 22.2 Å². The van der Waals surface area contributed by atoms with Gasteiger partial charge in [0.15, 0.2) is 17.3 Å². The SMILES string of the molecule is CC1CN(C)CCC1Nc1c([N+](=O)[O-])ccc(F)c1F. The predicted octanol–water partition coefficient (Wildman–Crippen LogP) is 2.63. The zero-order chi connectivity index (χ0) is 14.9. The fraction of sp³-hybridized carbons (Fsp3) is 0.538. The molecular formula is C13H17F2N3O2. The van der Waals surface area contributed by atoms with Crippen LogP contribution in [-0.2, 0) is 0 Å². The summed E-state index contributed by atoms with van der Waals surface area (Å²) < 4.78 is 27.1. The minimum atomic E-state index is -1.19. The van der Waals surface area contributed by atoms with E-state index in [1.54, 1.807) is 0 Å². The number of nitrogens with one attached hydrogen (secondary N) is 1. The van der Waals surface area contributed by atoms with Crippen LogP contribution in [0.25, 0.3) is 0 Å². The molecule has 0 aliphatic carbocycles. The van der Waals surface area contributed by atoms with Gasteiger partial charge in [-0.3, -0.25) is 10.1 Å². The number of piperidine rings is 1. The second-order valence-electron chi connectivity index (χ2n) is 5.29. The fourth-order valence-electron chi connectivity index (χ4n) is 2.58. The molecule has 1 aliphatic rings. The quantitative estimate of drug-likeness (QED) is 0.685. The van der Waals surface area contributed by atoms with Gasteiger partial charge in [-0.05, 0) is 32.0 Å². The maximum absolute atomic E-state index is 13.8. The summed E-state index contributed by atoms with van der Waals surface area (Å²) in [6, 6.07) is 1.65. The van der Waals surface area contributed by atoms with E-state index in [1.165, 1.54) is 0 Å². The van der Waals surface area contributed by atoms with Crippen LogP contribution in [-0.4, -0.2) is 36.0 Å². The molecule has 2 rings (SSSR count). The van der Waals surface area contributed by atoms with E-state index in [2.05, 4.69) is 10.2 Å². The van der Waals surface area contributed by atoms with Crippen LogP contribution in [0.1, 0.15) is 13.3 Å². The third-order valence-electron chi connectivity index (χ3n) is 3.71. The first-order chi connectivity index (χ1) is 9.40. The summed E-state index contributed by atoms with van der Waals surface area (Å²) in [7, 11) is 1.98. The molecule has 110 valence electrons. The van der Waals surface area contributed by atoms with Crippen LogP contribution in [0.4, 0.5) is 20.2 Å². The molecule has 0 amide bonds. The Morgan fingerprint density at radius 2 is 2.15 bits per heavy atom. The zero-order valence-corrected chi connectivity index (χ0v) is 11.4. The molecular weight excluding hydrogens is 268 g/mol. The highest BCUT2D eigenvalue weighted by atomic mass is 19.2. The molecule has 1 aromatic rings. The summed E-state index contributed by atoms with van der Waals surface area (Å²) in [5.41, 5.74) is -0.786. The molecule has 1 saturated heterocycles. The summed E-state index contributed by atoms with van der Waals surface area (Å²) in [6.45, 7) is 3.60. The number of hydrogen-bond acceptors (Lipinski definition) is 4. The predicted molar refractivity (Wildman–Crippen MR) is 71.7 cm³/mol. The maximum Gasteiger partial charge on any atom is 0.295 e. The van der Waals surface area contributed by atoms with Crippen molar-refractivity contribution in [2.75, 3.05) is 25.5 Å². The normalized spacial score (nSPS) is 23.6. The van der Waals surface area contributed by atoms with Crippen molar-refractivity contribution in [1.82, 2.24) is 4.90 Å². The Labute approximate surface area is 115 Å². The van der Waals surface area contributed by atoms with Crippen LogP contribution in [0.5, 0.6) is 0 Å². The minimum Gasteiger partial charge on any atom is -0.374 e. The standard InChI is InChI=1S/C13H17F2N3O2/c1-8-7-17(2)6-5-10(8)16-13-11(18(19)20)4-3-9(14)12(13)15/h3-4,8,10,16H,5-7H2,1-2H3. The summed E-state index contributed by atoms with van der Waals surface area (Å²) in [5.74, 6) is -2.08. The van der Waals surface area contributed by atoms with Crippen LogP contribution in [0.15, 0.2) is 12.1 Å². The van der Waals surface area contributed by atoms with Crippen molar-refractivity contribution >= 4 is 11.4 Å². The molecule has 0 saturated carbocycles. The lowest BCUT2D eigenvalue weighted by Crippen LogP contribution is -2.43. The number of nitro benzene ring substituents is 1. The van der Waals surface area contributed by atoms with Crippen molar-refractivity contribution in [3.63, 3.8) is 0 Å². The first-order valence-corrected chi connectivity index (χ1v) is 6.47. The van der Waals surface area contributed by atoms with Crippen LogP contribution in [0, 0.1) is 27.7 Å². The largest absolute Gasteiger partial charge is 0.374 e. The van der Waals surface area contributed by atoms with Crippen LogP contribution < -0.4 is 5.32 Å². The first kappa shape index (κ1) is 14.6. The Balaban J connectivity index is 2.28. The molecule has 1 aliphatic heterocycles. The maximum atomic E-state index is 13.8. The number of nitrogens with zero attached hydrogens (tertiary/aromatic N) is 2. The average molecular weight is 285 g/mol. The van der Waals surface area contributed by atoms with Crippen LogP contribution >= 0.6 is 0 Å². The molecule has 2 unspecified atom stereocenters. The lowest BCUT2D eigenvalue weighted by molar-refractivity contribution is -0.384. The van der Waals surface area contributed by atoms with Gasteiger partial charge < -0.3 is 10.2 Å². The van der Waals surface area contributed by atoms with E-state index in [1.807, 2.05) is 14.0 Å². The number of nitro groups is 1. The third-order valence-corrected chi connectivity index (χ3v) is 3.71. The third kappa shape index (κ3) is 2.87. The Morgan fingerprint density at radius 3 is 2.75 bits per heavy atom. The van der Waals surface area contributed by atoms with E-state index in [9.17, 15) is 18.9 Å². The number of rotatable bonds is 3. The van der Waals surface area contributed by atoms with Gasteiger partial charge in [0.2, 0.25) is 0 Å². The van der Waals surface area contributed by atoms with Gasteiger partial charge in [0.05, 0.1) is 4.92 Å². The number of likely N-dealkylation sites (tertiary alicyclic amines) is 1. The van der Waals surface area contributed by atoms with Gasteiger partial charge in [0.1, 0.15) is 0 Å². The Morgan fingerprint density at radius 1 is 1.45 bits per heavy atom. The van der Waals surface area contributed by atoms with Gasteiger partial charge in [0, 0.05) is 18.7 Å². The van der Waals surface area contributed by atoms with E-state index in [0.29, 0.717) is 0 Å². The van der Waals surface area contributed by atoms with Crippen LogP contribution in [0.3, 0.4) is 0 Å². The van der Waals surface area contributed by atoms with Crippen molar-refractivity contribution in [3.8, 4) is 0 Å². The molecule has 0 radical (unpaired) electrons. The fourth-order valence-corrected chi connectivity index (χ4v) is 2.58. The number of benzene rings is 1. The second-order valence-corrected chi connectivity index (χ2v) is 5.29.